The molecule has 1 unspecified atom stereocenters. The van der Waals surface area contributed by atoms with E-state index in [1.54, 1.807) is 0 Å². The van der Waals surface area contributed by atoms with Crippen LogP contribution in [0.25, 0.3) is 66.1 Å². The second-order valence-corrected chi connectivity index (χ2v) is 12.2. The van der Waals surface area contributed by atoms with Gasteiger partial charge in [0.25, 0.3) is 0 Å². The van der Waals surface area contributed by atoms with Crippen LogP contribution in [0.5, 0.6) is 0 Å². The van der Waals surface area contributed by atoms with Gasteiger partial charge in [0, 0.05) is 21.9 Å². The van der Waals surface area contributed by atoms with Gasteiger partial charge in [0.2, 0.25) is 0 Å². The van der Waals surface area contributed by atoms with Crippen molar-refractivity contribution in [2.24, 2.45) is 9.98 Å². The van der Waals surface area contributed by atoms with Gasteiger partial charge in [-0.2, -0.15) is 0 Å². The quantitative estimate of drug-likeness (QED) is 0.218. The predicted molar refractivity (Wildman–Crippen MR) is 193 cm³/mol. The van der Waals surface area contributed by atoms with E-state index in [1.807, 2.05) is 36.4 Å². The minimum atomic E-state index is -0.291. The van der Waals surface area contributed by atoms with Crippen LogP contribution in [0.15, 0.2) is 166 Å². The first kappa shape index (κ1) is 26.0. The lowest BCUT2D eigenvalue weighted by Crippen LogP contribution is -2.33. The molecule has 4 heteroatoms. The summed E-state index contributed by atoms with van der Waals surface area (Å²) in [7, 11) is 0. The number of furan rings is 1. The lowest BCUT2D eigenvalue weighted by molar-refractivity contribution is 0.669. The Morgan fingerprint density at radius 3 is 1.98 bits per heavy atom. The van der Waals surface area contributed by atoms with Gasteiger partial charge in [-0.3, -0.25) is 0 Å². The van der Waals surface area contributed by atoms with Crippen LogP contribution >= 0.6 is 0 Å². The molecule has 1 aromatic heterocycles. The molecule has 1 aliphatic heterocycles. The summed E-state index contributed by atoms with van der Waals surface area (Å²) >= 11 is 0. The molecule has 47 heavy (non-hydrogen) atoms. The molecule has 2 heterocycles. The van der Waals surface area contributed by atoms with Crippen LogP contribution in [0.2, 0.25) is 0 Å². The normalized spacial score (nSPS) is 15.0. The lowest BCUT2D eigenvalue weighted by atomic mass is 9.96. The van der Waals surface area contributed by atoms with Crippen LogP contribution in [-0.2, 0) is 0 Å². The molecule has 8 aromatic rings. The van der Waals surface area contributed by atoms with E-state index in [2.05, 4.69) is 121 Å². The van der Waals surface area contributed by atoms with Crippen molar-refractivity contribution in [3.8, 4) is 33.4 Å². The molecule has 0 amide bonds. The molecule has 0 radical (unpaired) electrons. The van der Waals surface area contributed by atoms with Gasteiger partial charge in [-0.15, -0.1) is 0 Å². The van der Waals surface area contributed by atoms with Crippen LogP contribution in [0.1, 0.15) is 22.9 Å². The highest BCUT2D eigenvalue weighted by Crippen LogP contribution is 2.50. The number of nitrogens with zero attached hydrogens (tertiary/aromatic N) is 2. The predicted octanol–water partition coefficient (Wildman–Crippen LogP) is 10.5. The van der Waals surface area contributed by atoms with E-state index in [1.165, 1.54) is 38.4 Å². The van der Waals surface area contributed by atoms with E-state index in [0.717, 1.165) is 56.0 Å². The van der Waals surface area contributed by atoms with Crippen molar-refractivity contribution >= 4 is 44.4 Å². The Balaban J connectivity index is 1.09. The fraction of sp³-hybridized carbons (Fsp3) is 0.0233. The first-order valence-electron chi connectivity index (χ1n) is 15.9. The largest absolute Gasteiger partial charge is 0.456 e. The molecular weight excluding hydrogens is 574 g/mol. The van der Waals surface area contributed by atoms with E-state index in [-0.39, 0.29) is 6.17 Å². The summed E-state index contributed by atoms with van der Waals surface area (Å²) in [5.74, 6) is 1.53. The molecule has 0 bridgehead atoms. The molecule has 1 atom stereocenters. The maximum Gasteiger partial charge on any atom is 0.159 e. The third-order valence-electron chi connectivity index (χ3n) is 9.46. The van der Waals surface area contributed by atoms with Gasteiger partial charge in [-0.25, -0.2) is 9.98 Å². The van der Waals surface area contributed by atoms with Crippen molar-refractivity contribution in [1.29, 1.82) is 0 Å². The van der Waals surface area contributed by atoms with Crippen LogP contribution in [0.3, 0.4) is 0 Å². The molecule has 1 N–H and O–H groups in total. The summed E-state index contributed by atoms with van der Waals surface area (Å²) in [5.41, 5.74) is 12.3. The van der Waals surface area contributed by atoms with Gasteiger partial charge in [0.15, 0.2) is 5.84 Å². The van der Waals surface area contributed by atoms with E-state index < -0.39 is 0 Å². The highest BCUT2D eigenvalue weighted by atomic mass is 16.3. The minimum Gasteiger partial charge on any atom is -0.456 e. The monoisotopic (exact) mass is 601 g/mol. The maximum atomic E-state index is 6.52. The highest BCUT2D eigenvalue weighted by Gasteiger charge is 2.25. The Hall–Kier alpha value is -6.26. The van der Waals surface area contributed by atoms with Crippen molar-refractivity contribution in [2.45, 2.75) is 6.17 Å². The number of fused-ring (bicyclic) bond motifs is 7. The second kappa shape index (κ2) is 10.1. The van der Waals surface area contributed by atoms with Crippen LogP contribution in [0.4, 0.5) is 0 Å². The van der Waals surface area contributed by atoms with Gasteiger partial charge < -0.3 is 9.73 Å². The molecule has 10 rings (SSSR count). The Bertz CT molecular complexity index is 2600. The number of rotatable bonds is 4. The Labute approximate surface area is 271 Å². The summed E-state index contributed by atoms with van der Waals surface area (Å²) in [6.07, 6.45) is -0.291. The number of aliphatic imine (C=N–C) groups is 2. The van der Waals surface area contributed by atoms with Crippen molar-refractivity contribution in [3.05, 3.63) is 168 Å². The number of hydrogen-bond acceptors (Lipinski definition) is 4. The molecule has 0 spiro atoms. The molecule has 220 valence electrons. The van der Waals surface area contributed by atoms with E-state index in [0.29, 0.717) is 0 Å². The topological polar surface area (TPSA) is 49.9 Å². The summed E-state index contributed by atoms with van der Waals surface area (Å²) in [4.78, 5) is 10.0. The Morgan fingerprint density at radius 1 is 0.468 bits per heavy atom. The molecule has 0 fully saturated rings. The standard InChI is InChI=1S/C43H27N3O/c1-3-11-26(12-4-1)41-44-42(27-13-5-2-6-14-27)46-43(45-41)30-16-9-15-28(23-30)29-21-22-37-36(24-29)40-34-20-10-19-33-31-17-7-8-18-32(31)35(39(33)34)25-38(40)47-37/h1-25,43H,(H,44,45,46). The van der Waals surface area contributed by atoms with Crippen LogP contribution in [-0.4, -0.2) is 11.7 Å². The molecule has 7 aromatic carbocycles. The molecule has 2 aliphatic rings. The number of nitrogens with one attached hydrogen (secondary N) is 1. The number of benzene rings is 7. The number of hydrogen-bond donors (Lipinski definition) is 1. The van der Waals surface area contributed by atoms with Crippen molar-refractivity contribution in [1.82, 2.24) is 5.32 Å². The lowest BCUT2D eigenvalue weighted by Gasteiger charge is -2.24. The first-order chi connectivity index (χ1) is 23.3. The summed E-state index contributed by atoms with van der Waals surface area (Å²) < 4.78 is 6.52. The average Bonchev–Trinajstić information content (AvgIpc) is 3.68. The van der Waals surface area contributed by atoms with Crippen molar-refractivity contribution in [2.75, 3.05) is 0 Å². The highest BCUT2D eigenvalue weighted by molar-refractivity contribution is 6.28. The van der Waals surface area contributed by atoms with Crippen LogP contribution < -0.4 is 5.32 Å². The second-order valence-electron chi connectivity index (χ2n) is 12.2. The van der Waals surface area contributed by atoms with E-state index in [4.69, 9.17) is 14.4 Å². The first-order valence-corrected chi connectivity index (χ1v) is 15.9. The maximum absolute atomic E-state index is 6.52. The van der Waals surface area contributed by atoms with Gasteiger partial charge in [0.1, 0.15) is 23.2 Å². The van der Waals surface area contributed by atoms with Gasteiger partial charge >= 0.3 is 0 Å². The Morgan fingerprint density at radius 2 is 1.15 bits per heavy atom. The third kappa shape index (κ3) is 4.08. The fourth-order valence-electron chi connectivity index (χ4n) is 7.29. The average molecular weight is 602 g/mol. The smallest absolute Gasteiger partial charge is 0.159 e. The molecular formula is C43H27N3O. The van der Waals surface area contributed by atoms with Crippen molar-refractivity contribution in [3.63, 3.8) is 0 Å². The fourth-order valence-corrected chi connectivity index (χ4v) is 7.29. The van der Waals surface area contributed by atoms with Crippen molar-refractivity contribution < 1.29 is 4.42 Å². The molecule has 4 nitrogen and oxygen atoms in total. The SMILES string of the molecule is c1ccc(C2=NC(c3cccc(-c4ccc5oc6cc7c8c(cccc8c6c5c4)-c4ccccc4-7)c3)NC(c3ccccc3)=N2)cc1. The molecule has 0 saturated carbocycles. The molecule has 1 aliphatic carbocycles. The van der Waals surface area contributed by atoms with Gasteiger partial charge in [0.05, 0.1) is 0 Å². The summed E-state index contributed by atoms with van der Waals surface area (Å²) in [6, 6.07) is 53.2. The minimum absolute atomic E-state index is 0.291. The van der Waals surface area contributed by atoms with Gasteiger partial charge in [-0.05, 0) is 74.0 Å². The summed E-state index contributed by atoms with van der Waals surface area (Å²) in [5, 5.41) is 8.44. The zero-order chi connectivity index (χ0) is 30.9. The zero-order valence-corrected chi connectivity index (χ0v) is 25.3. The molecule has 0 saturated heterocycles. The number of amidine groups is 2. The zero-order valence-electron chi connectivity index (χ0n) is 25.3. The third-order valence-corrected chi connectivity index (χ3v) is 9.46. The Kier molecular flexibility index (Phi) is 5.60. The summed E-state index contributed by atoms with van der Waals surface area (Å²) in [6.45, 7) is 0. The van der Waals surface area contributed by atoms with E-state index >= 15 is 0 Å². The van der Waals surface area contributed by atoms with Gasteiger partial charge in [-0.1, -0.05) is 127 Å². The van der Waals surface area contributed by atoms with E-state index in [9.17, 15) is 0 Å². The van der Waals surface area contributed by atoms with Crippen LogP contribution in [0, 0.1) is 0 Å².